The van der Waals surface area contributed by atoms with Gasteiger partial charge in [-0.25, -0.2) is 19.4 Å². The molecule has 2 fully saturated rings. The fourth-order valence-electron chi connectivity index (χ4n) is 8.27. The summed E-state index contributed by atoms with van der Waals surface area (Å²) in [5, 5.41) is 12.8. The first-order valence-corrected chi connectivity index (χ1v) is 17.7. The summed E-state index contributed by atoms with van der Waals surface area (Å²) in [7, 11) is 1.37. The van der Waals surface area contributed by atoms with Crippen molar-refractivity contribution in [1.29, 1.82) is 0 Å². The number of esters is 1. The third-order valence-corrected chi connectivity index (χ3v) is 11.7. The van der Waals surface area contributed by atoms with Gasteiger partial charge in [0, 0.05) is 30.8 Å². The van der Waals surface area contributed by atoms with Gasteiger partial charge in [0.15, 0.2) is 10.8 Å². The van der Waals surface area contributed by atoms with Crippen LogP contribution in [-0.4, -0.2) is 50.5 Å². The maximum absolute atomic E-state index is 13.6. The fraction of sp³-hybridized carbons (Fsp3) is 0.405. The van der Waals surface area contributed by atoms with Crippen molar-refractivity contribution in [2.24, 2.45) is 11.3 Å². The number of rotatable bonds is 7. The monoisotopic (exact) mass is 661 g/mol. The van der Waals surface area contributed by atoms with Crippen LogP contribution in [0.25, 0.3) is 21.5 Å². The molecule has 48 heavy (non-hydrogen) atoms. The molecule has 2 saturated carbocycles. The number of nitrogens with one attached hydrogen (secondary N) is 1. The van der Waals surface area contributed by atoms with E-state index < -0.39 is 5.97 Å². The van der Waals surface area contributed by atoms with Gasteiger partial charge in [-0.2, -0.15) is 0 Å². The molecule has 2 aliphatic carbocycles. The second-order valence-corrected chi connectivity index (χ2v) is 14.7. The van der Waals surface area contributed by atoms with E-state index in [1.165, 1.54) is 63.4 Å². The Labute approximate surface area is 283 Å². The molecule has 8 rings (SSSR count). The van der Waals surface area contributed by atoms with E-state index in [1.807, 2.05) is 60.1 Å². The zero-order valence-corrected chi connectivity index (χ0v) is 28.2. The molecule has 1 amide bonds. The number of nitrogens with zero attached hydrogens (tertiary/aromatic N) is 6. The molecule has 0 atom stereocenters. The highest BCUT2D eigenvalue weighted by molar-refractivity contribution is 7.22. The molecule has 0 unspecified atom stereocenters. The van der Waals surface area contributed by atoms with Crippen LogP contribution in [-0.2, 0) is 24.2 Å². The van der Waals surface area contributed by atoms with Gasteiger partial charge in [0.1, 0.15) is 11.5 Å². The Hall–Kier alpha value is -4.64. The smallest absolute Gasteiger partial charge is 0.357 e. The second kappa shape index (κ2) is 12.4. The van der Waals surface area contributed by atoms with Gasteiger partial charge in [0.25, 0.3) is 5.91 Å². The Bertz CT molecular complexity index is 1990. The Kier molecular flexibility index (Phi) is 7.94. The summed E-state index contributed by atoms with van der Waals surface area (Å²) in [6, 6.07) is 17.5. The number of methoxy groups -OCH3 is 1. The number of para-hydroxylation sites is 1. The quantitative estimate of drug-likeness (QED) is 0.182. The molecule has 3 aromatic heterocycles. The normalized spacial score (nSPS) is 20.4. The number of hydrogen-bond acceptors (Lipinski definition) is 9. The zero-order chi connectivity index (χ0) is 32.8. The first kappa shape index (κ1) is 30.7. The van der Waals surface area contributed by atoms with Crippen molar-refractivity contribution in [1.82, 2.24) is 25.0 Å². The summed E-state index contributed by atoms with van der Waals surface area (Å²) in [4.78, 5) is 38.3. The molecule has 3 aliphatic rings. The standard InChI is InChI=1S/C37H39N7O3S/c1-23-32(41-42-44(23)22-37-17-6-8-24(20-37)9-7-18-37)27-14-15-31(39-33(27)35(46)47-2)43-19-16-25-10-5-11-26(28(25)21-43)34(45)40-36-38-29-12-3-4-13-30(29)48-36/h3-5,10-15,24H,6-9,16-22H2,1-2H3,(H,38,40,45). The molecular weight excluding hydrogens is 623 g/mol. The van der Waals surface area contributed by atoms with Crippen LogP contribution in [0.4, 0.5) is 10.9 Å². The number of hydrogen-bond donors (Lipinski definition) is 1. The minimum Gasteiger partial charge on any atom is -0.464 e. The summed E-state index contributed by atoms with van der Waals surface area (Å²) >= 11 is 1.46. The fourth-order valence-corrected chi connectivity index (χ4v) is 9.13. The minimum atomic E-state index is -0.518. The average Bonchev–Trinajstić information content (AvgIpc) is 3.68. The lowest BCUT2D eigenvalue weighted by Crippen LogP contribution is -2.37. The predicted molar refractivity (Wildman–Crippen MR) is 186 cm³/mol. The number of thiazole rings is 1. The van der Waals surface area contributed by atoms with Gasteiger partial charge in [-0.15, -0.1) is 5.10 Å². The number of aromatic nitrogens is 5. The molecule has 5 aromatic rings. The lowest BCUT2D eigenvalue weighted by atomic mass is 9.62. The Morgan fingerprint density at radius 1 is 1.04 bits per heavy atom. The average molecular weight is 662 g/mol. The van der Waals surface area contributed by atoms with Crippen molar-refractivity contribution in [3.63, 3.8) is 0 Å². The van der Waals surface area contributed by atoms with Gasteiger partial charge in [-0.3, -0.25) is 10.1 Å². The van der Waals surface area contributed by atoms with E-state index in [0.717, 1.165) is 45.9 Å². The molecule has 2 bridgehead atoms. The van der Waals surface area contributed by atoms with Crippen LogP contribution in [0.15, 0.2) is 54.6 Å². The molecule has 4 heterocycles. The van der Waals surface area contributed by atoms with Crippen molar-refractivity contribution in [2.75, 3.05) is 23.9 Å². The highest BCUT2D eigenvalue weighted by atomic mass is 32.1. The van der Waals surface area contributed by atoms with E-state index in [0.29, 0.717) is 46.3 Å². The first-order valence-electron chi connectivity index (χ1n) is 16.9. The van der Waals surface area contributed by atoms with E-state index in [4.69, 9.17) is 9.72 Å². The first-order chi connectivity index (χ1) is 23.4. The molecular formula is C37H39N7O3S. The third-order valence-electron chi connectivity index (χ3n) is 10.7. The Morgan fingerprint density at radius 2 is 1.88 bits per heavy atom. The summed E-state index contributed by atoms with van der Waals surface area (Å²) in [6.45, 7) is 4.07. The van der Waals surface area contributed by atoms with Gasteiger partial charge in [0.05, 0.1) is 23.0 Å². The molecule has 0 saturated heterocycles. The Balaban J connectivity index is 1.06. The highest BCUT2D eigenvalue weighted by Crippen LogP contribution is 2.50. The second-order valence-electron chi connectivity index (χ2n) is 13.6. The zero-order valence-electron chi connectivity index (χ0n) is 27.4. The molecule has 1 aliphatic heterocycles. The highest BCUT2D eigenvalue weighted by Gasteiger charge is 2.40. The van der Waals surface area contributed by atoms with Crippen molar-refractivity contribution >= 4 is 44.4 Å². The SMILES string of the molecule is COC(=O)c1nc(N2CCc3cccc(C(=O)Nc4nc5ccccc5s4)c3C2)ccc1-c1nnn(CC23CCCC(CCC2)C3)c1C. The summed E-state index contributed by atoms with van der Waals surface area (Å²) < 4.78 is 8.28. The van der Waals surface area contributed by atoms with Crippen LogP contribution >= 0.6 is 11.3 Å². The van der Waals surface area contributed by atoms with E-state index >= 15 is 0 Å². The number of carbonyl (C=O) groups excluding carboxylic acids is 2. The predicted octanol–water partition coefficient (Wildman–Crippen LogP) is 7.22. The number of fused-ring (bicyclic) bond motifs is 4. The number of benzene rings is 2. The molecule has 2 aromatic carbocycles. The largest absolute Gasteiger partial charge is 0.464 e. The minimum absolute atomic E-state index is 0.193. The van der Waals surface area contributed by atoms with Crippen LogP contribution in [0.5, 0.6) is 0 Å². The molecule has 1 N–H and O–H groups in total. The lowest BCUT2D eigenvalue weighted by molar-refractivity contribution is 0.0548. The van der Waals surface area contributed by atoms with Gasteiger partial charge >= 0.3 is 5.97 Å². The molecule has 10 nitrogen and oxygen atoms in total. The number of amides is 1. The molecule has 0 radical (unpaired) electrons. The maximum atomic E-state index is 13.6. The summed E-state index contributed by atoms with van der Waals surface area (Å²) in [5.41, 5.74) is 6.25. The third kappa shape index (κ3) is 5.63. The van der Waals surface area contributed by atoms with Crippen LogP contribution in [0.2, 0.25) is 0 Å². The number of anilines is 2. The lowest BCUT2D eigenvalue weighted by Gasteiger charge is -2.45. The van der Waals surface area contributed by atoms with E-state index in [9.17, 15) is 9.59 Å². The molecule has 11 heteroatoms. The van der Waals surface area contributed by atoms with Crippen LogP contribution in [0.1, 0.15) is 82.6 Å². The summed E-state index contributed by atoms with van der Waals surface area (Å²) in [5.74, 6) is 0.770. The van der Waals surface area contributed by atoms with Crippen LogP contribution in [0, 0.1) is 18.3 Å². The molecule has 0 spiro atoms. The van der Waals surface area contributed by atoms with Crippen molar-refractivity contribution in [3.8, 4) is 11.3 Å². The number of carbonyl (C=O) groups is 2. The van der Waals surface area contributed by atoms with Crippen LogP contribution in [0.3, 0.4) is 0 Å². The van der Waals surface area contributed by atoms with Crippen LogP contribution < -0.4 is 10.2 Å². The molecule has 246 valence electrons. The van der Waals surface area contributed by atoms with E-state index in [2.05, 4.69) is 31.6 Å². The van der Waals surface area contributed by atoms with Crippen molar-refractivity contribution < 1.29 is 14.3 Å². The van der Waals surface area contributed by atoms with Gasteiger partial charge < -0.3 is 9.64 Å². The topological polar surface area (TPSA) is 115 Å². The van der Waals surface area contributed by atoms with Crippen molar-refractivity contribution in [2.45, 2.75) is 71.4 Å². The number of pyridine rings is 1. The van der Waals surface area contributed by atoms with Crippen molar-refractivity contribution in [3.05, 3.63) is 82.7 Å². The summed E-state index contributed by atoms with van der Waals surface area (Å²) in [6.07, 6.45) is 9.79. The van der Waals surface area contributed by atoms with E-state index in [1.54, 1.807) is 0 Å². The van der Waals surface area contributed by atoms with Gasteiger partial charge in [-0.1, -0.05) is 66.5 Å². The maximum Gasteiger partial charge on any atom is 0.357 e. The number of ether oxygens (including phenoxy) is 1. The van der Waals surface area contributed by atoms with Gasteiger partial charge in [0.2, 0.25) is 0 Å². The van der Waals surface area contributed by atoms with Gasteiger partial charge in [-0.05, 0) is 85.4 Å². The van der Waals surface area contributed by atoms with E-state index in [-0.39, 0.29) is 11.6 Å². The Morgan fingerprint density at radius 3 is 2.69 bits per heavy atom.